The molecule has 1 aliphatic rings. The zero-order valence-corrected chi connectivity index (χ0v) is 11.5. The highest BCUT2D eigenvalue weighted by Crippen LogP contribution is 2.53. The minimum atomic E-state index is -0.920. The third kappa shape index (κ3) is 1.74. The molecule has 0 aliphatic carbocycles. The maximum atomic E-state index is 11.4. The molecule has 3 rings (SSSR count). The summed E-state index contributed by atoms with van der Waals surface area (Å²) in [6.07, 6.45) is -0.815. The van der Waals surface area contributed by atoms with Crippen LogP contribution >= 0.6 is 0 Å². The van der Waals surface area contributed by atoms with Crippen molar-refractivity contribution < 1.29 is 14.6 Å². The normalized spacial score (nSPS) is 19.6. The van der Waals surface area contributed by atoms with Gasteiger partial charge in [-0.1, -0.05) is 48.5 Å². The molecule has 0 aromatic heterocycles. The fourth-order valence-electron chi connectivity index (χ4n) is 2.91. The molecule has 0 amide bonds. The first-order valence-corrected chi connectivity index (χ1v) is 6.60. The quantitative estimate of drug-likeness (QED) is 0.870. The maximum absolute atomic E-state index is 11.4. The lowest BCUT2D eigenvalue weighted by molar-refractivity contribution is -0.138. The number of hydrogen-bond donors (Lipinski definition) is 1. The zero-order valence-electron chi connectivity index (χ0n) is 11.5. The van der Waals surface area contributed by atoms with Crippen molar-refractivity contribution >= 4 is 5.97 Å². The first-order valence-electron chi connectivity index (χ1n) is 6.60. The second-order valence-corrected chi connectivity index (χ2v) is 5.20. The number of benzene rings is 2. The minimum Gasteiger partial charge on any atom is -0.479 e. The van der Waals surface area contributed by atoms with E-state index in [1.165, 1.54) is 0 Å². The van der Waals surface area contributed by atoms with Gasteiger partial charge in [-0.15, -0.1) is 0 Å². The number of rotatable bonds is 3. The van der Waals surface area contributed by atoms with Crippen molar-refractivity contribution in [1.29, 1.82) is 0 Å². The first-order chi connectivity index (χ1) is 9.57. The Morgan fingerprint density at radius 3 is 1.80 bits per heavy atom. The summed E-state index contributed by atoms with van der Waals surface area (Å²) in [6.45, 7) is 3.96. The van der Waals surface area contributed by atoms with Gasteiger partial charge in [-0.2, -0.15) is 0 Å². The lowest BCUT2D eigenvalue weighted by atomic mass is 9.83. The largest absolute Gasteiger partial charge is 0.479 e. The summed E-state index contributed by atoms with van der Waals surface area (Å²) < 4.78 is 5.70. The Morgan fingerprint density at radius 1 is 1.00 bits per heavy atom. The van der Waals surface area contributed by atoms with E-state index in [1.807, 2.05) is 62.4 Å². The zero-order chi connectivity index (χ0) is 14.3. The van der Waals surface area contributed by atoms with Crippen molar-refractivity contribution in [3.63, 3.8) is 0 Å². The van der Waals surface area contributed by atoms with Crippen molar-refractivity contribution in [2.24, 2.45) is 0 Å². The molecule has 3 nitrogen and oxygen atoms in total. The second-order valence-electron chi connectivity index (χ2n) is 5.20. The third-order valence-corrected chi connectivity index (χ3v) is 3.93. The summed E-state index contributed by atoms with van der Waals surface area (Å²) >= 11 is 0. The maximum Gasteiger partial charge on any atom is 0.336 e. The van der Waals surface area contributed by atoms with Crippen LogP contribution in [-0.2, 0) is 15.1 Å². The van der Waals surface area contributed by atoms with Gasteiger partial charge in [-0.05, 0) is 36.1 Å². The number of carboxylic acid groups (broad SMARTS) is 1. The van der Waals surface area contributed by atoms with Crippen molar-refractivity contribution in [2.75, 3.05) is 0 Å². The third-order valence-electron chi connectivity index (χ3n) is 3.93. The average molecular weight is 268 g/mol. The first kappa shape index (κ1) is 12.9. The van der Waals surface area contributed by atoms with E-state index in [9.17, 15) is 9.90 Å². The second kappa shape index (κ2) is 4.46. The van der Waals surface area contributed by atoms with Crippen LogP contribution < -0.4 is 0 Å². The Kier molecular flexibility index (Phi) is 2.87. The van der Waals surface area contributed by atoms with E-state index >= 15 is 0 Å². The topological polar surface area (TPSA) is 49.8 Å². The molecular formula is C17H16O3. The van der Waals surface area contributed by atoms with Gasteiger partial charge >= 0.3 is 5.97 Å². The van der Waals surface area contributed by atoms with Gasteiger partial charge in [-0.3, -0.25) is 0 Å². The number of aryl methyl sites for hydroxylation is 2. The average Bonchev–Trinajstić information content (AvgIpc) is 3.16. The van der Waals surface area contributed by atoms with Crippen LogP contribution in [-0.4, -0.2) is 17.2 Å². The molecule has 0 bridgehead atoms. The lowest BCUT2D eigenvalue weighted by Crippen LogP contribution is -2.22. The molecule has 1 N–H and O–H groups in total. The number of hydrogen-bond acceptors (Lipinski definition) is 2. The van der Waals surface area contributed by atoms with E-state index in [2.05, 4.69) is 0 Å². The van der Waals surface area contributed by atoms with Crippen molar-refractivity contribution in [3.05, 3.63) is 70.8 Å². The summed E-state index contributed by atoms with van der Waals surface area (Å²) in [5.41, 5.74) is 3.10. The number of carbonyl (C=O) groups is 1. The Labute approximate surface area is 117 Å². The van der Waals surface area contributed by atoms with Crippen molar-refractivity contribution in [1.82, 2.24) is 0 Å². The minimum absolute atomic E-state index is 0.815. The van der Waals surface area contributed by atoms with Gasteiger partial charge in [0.2, 0.25) is 0 Å². The van der Waals surface area contributed by atoms with Crippen LogP contribution in [0.3, 0.4) is 0 Å². The van der Waals surface area contributed by atoms with Gasteiger partial charge in [0.05, 0.1) is 0 Å². The predicted octanol–water partition coefficient (Wildman–Crippen LogP) is 3.03. The molecule has 20 heavy (non-hydrogen) atoms. The Hall–Kier alpha value is -2.13. The van der Waals surface area contributed by atoms with Crippen molar-refractivity contribution in [2.45, 2.75) is 25.6 Å². The number of ether oxygens (including phenoxy) is 1. The van der Waals surface area contributed by atoms with E-state index in [4.69, 9.17) is 4.74 Å². The standard InChI is InChI=1S/C17H16O3/c1-11-7-3-5-9-13(11)17(15(20-17)16(18)19)14-10-6-4-8-12(14)2/h3-10,15H,1-2H3,(H,18,19). The van der Waals surface area contributed by atoms with Crippen molar-refractivity contribution in [3.8, 4) is 0 Å². The van der Waals surface area contributed by atoms with Crippen LogP contribution in [0.4, 0.5) is 0 Å². The molecule has 102 valence electrons. The molecule has 3 heteroatoms. The highest BCUT2D eigenvalue weighted by Gasteiger charge is 2.64. The molecule has 0 spiro atoms. The molecule has 2 aromatic carbocycles. The highest BCUT2D eigenvalue weighted by molar-refractivity contribution is 5.80. The Morgan fingerprint density at radius 2 is 1.45 bits per heavy atom. The van der Waals surface area contributed by atoms with Gasteiger partial charge in [0.25, 0.3) is 0 Å². The fraction of sp³-hybridized carbons (Fsp3) is 0.235. The van der Waals surface area contributed by atoms with Gasteiger partial charge < -0.3 is 9.84 Å². The van der Waals surface area contributed by atoms with E-state index in [0.717, 1.165) is 22.3 Å². The van der Waals surface area contributed by atoms with Crippen LogP contribution in [0.5, 0.6) is 0 Å². The summed E-state index contributed by atoms with van der Waals surface area (Å²) in [6, 6.07) is 15.6. The highest BCUT2D eigenvalue weighted by atomic mass is 16.6. The molecular weight excluding hydrogens is 252 g/mol. The van der Waals surface area contributed by atoms with Crippen LogP contribution in [0.2, 0.25) is 0 Å². The number of carboxylic acids is 1. The number of epoxide rings is 1. The Bertz CT molecular complexity index is 630. The molecule has 1 atom stereocenters. The summed E-state index contributed by atoms with van der Waals surface area (Å²) in [5, 5.41) is 9.37. The van der Waals surface area contributed by atoms with E-state index in [1.54, 1.807) is 0 Å². The molecule has 1 aliphatic heterocycles. The molecule has 1 heterocycles. The van der Waals surface area contributed by atoms with Gasteiger partial charge in [0.15, 0.2) is 11.7 Å². The lowest BCUT2D eigenvalue weighted by Gasteiger charge is -2.18. The molecule has 2 aromatic rings. The van der Waals surface area contributed by atoms with Crippen LogP contribution in [0.25, 0.3) is 0 Å². The monoisotopic (exact) mass is 268 g/mol. The van der Waals surface area contributed by atoms with E-state index in [-0.39, 0.29) is 0 Å². The van der Waals surface area contributed by atoms with Gasteiger partial charge in [-0.25, -0.2) is 4.79 Å². The molecule has 0 radical (unpaired) electrons. The van der Waals surface area contributed by atoms with E-state index in [0.29, 0.717) is 0 Å². The van der Waals surface area contributed by atoms with Gasteiger partial charge in [0.1, 0.15) is 0 Å². The fourth-order valence-corrected chi connectivity index (χ4v) is 2.91. The molecule has 1 unspecified atom stereocenters. The summed E-state index contributed by atoms with van der Waals surface area (Å²) in [7, 11) is 0. The summed E-state index contributed by atoms with van der Waals surface area (Å²) in [4.78, 5) is 11.4. The summed E-state index contributed by atoms with van der Waals surface area (Å²) in [5.74, 6) is -0.920. The van der Waals surface area contributed by atoms with Gasteiger partial charge in [0, 0.05) is 0 Å². The number of aliphatic carboxylic acids is 1. The van der Waals surface area contributed by atoms with Crippen LogP contribution in [0.1, 0.15) is 22.3 Å². The SMILES string of the molecule is Cc1ccccc1C1(c2ccccc2C)OC1C(=O)O. The molecule has 0 saturated carbocycles. The molecule has 1 saturated heterocycles. The predicted molar refractivity (Wildman–Crippen MR) is 75.6 cm³/mol. The van der Waals surface area contributed by atoms with Crippen LogP contribution in [0, 0.1) is 13.8 Å². The molecule has 1 fully saturated rings. The smallest absolute Gasteiger partial charge is 0.336 e. The Balaban J connectivity index is 2.21. The van der Waals surface area contributed by atoms with Crippen LogP contribution in [0.15, 0.2) is 48.5 Å². The van der Waals surface area contributed by atoms with E-state index < -0.39 is 17.7 Å².